The highest BCUT2D eigenvalue weighted by Gasteiger charge is 2.24. The van der Waals surface area contributed by atoms with Crippen LogP contribution in [0.5, 0.6) is 0 Å². The predicted molar refractivity (Wildman–Crippen MR) is 136 cm³/mol. The van der Waals surface area contributed by atoms with Gasteiger partial charge in [-0.2, -0.15) is 0 Å². The van der Waals surface area contributed by atoms with E-state index in [1.165, 1.54) is 19.3 Å². The van der Waals surface area contributed by atoms with Crippen LogP contribution in [-0.2, 0) is 4.79 Å². The van der Waals surface area contributed by atoms with Gasteiger partial charge in [-0.1, -0.05) is 26.2 Å². The molecule has 6 heteroatoms. The number of rotatable bonds is 5. The third kappa shape index (κ3) is 5.16. The molecular weight excluding hydrogens is 424 g/mol. The monoisotopic (exact) mass is 458 g/mol. The summed E-state index contributed by atoms with van der Waals surface area (Å²) in [5.41, 5.74) is 4.07. The highest BCUT2D eigenvalue weighted by molar-refractivity contribution is 5.98. The Bertz CT molecular complexity index is 1150. The zero-order valence-electron chi connectivity index (χ0n) is 19.9. The zero-order valence-corrected chi connectivity index (χ0v) is 19.9. The van der Waals surface area contributed by atoms with Crippen molar-refractivity contribution in [2.75, 3.05) is 5.32 Å². The predicted octanol–water partition coefficient (Wildman–Crippen LogP) is 6.06. The molecule has 2 aromatic carbocycles. The van der Waals surface area contributed by atoms with Gasteiger partial charge in [0.1, 0.15) is 5.82 Å². The summed E-state index contributed by atoms with van der Waals surface area (Å²) >= 11 is 0. The largest absolute Gasteiger partial charge is 0.349 e. The number of nitrogens with one attached hydrogen (secondary N) is 3. The molecule has 3 N–H and O–H groups in total. The molecule has 6 nitrogen and oxygen atoms in total. The number of aromatic nitrogens is 2. The lowest BCUT2D eigenvalue weighted by Gasteiger charge is -2.25. The molecule has 0 saturated heterocycles. The molecule has 34 heavy (non-hydrogen) atoms. The van der Waals surface area contributed by atoms with Gasteiger partial charge in [0.15, 0.2) is 0 Å². The molecule has 0 bridgehead atoms. The lowest BCUT2D eigenvalue weighted by molar-refractivity contribution is -0.121. The molecule has 0 spiro atoms. The molecule has 2 fully saturated rings. The van der Waals surface area contributed by atoms with Crippen molar-refractivity contribution >= 4 is 28.5 Å². The zero-order chi connectivity index (χ0) is 23.5. The van der Waals surface area contributed by atoms with Crippen LogP contribution in [-0.4, -0.2) is 27.8 Å². The number of aromatic amines is 1. The molecule has 2 amide bonds. The van der Waals surface area contributed by atoms with Crippen molar-refractivity contribution in [1.82, 2.24) is 15.3 Å². The van der Waals surface area contributed by atoms with Crippen molar-refractivity contribution in [2.45, 2.75) is 70.8 Å². The first-order chi connectivity index (χ1) is 16.5. The Kier molecular flexibility index (Phi) is 6.66. The van der Waals surface area contributed by atoms with E-state index in [0.717, 1.165) is 72.6 Å². The first-order valence-electron chi connectivity index (χ1n) is 12.8. The maximum atomic E-state index is 12.7. The first-order valence-corrected chi connectivity index (χ1v) is 12.8. The minimum absolute atomic E-state index is 0.0162. The minimum Gasteiger partial charge on any atom is -0.349 e. The quantitative estimate of drug-likeness (QED) is 0.434. The van der Waals surface area contributed by atoms with E-state index in [1.54, 1.807) is 0 Å². The van der Waals surface area contributed by atoms with Gasteiger partial charge in [-0.3, -0.25) is 9.59 Å². The van der Waals surface area contributed by atoms with Gasteiger partial charge in [0.25, 0.3) is 5.91 Å². The van der Waals surface area contributed by atoms with Gasteiger partial charge in [-0.25, -0.2) is 4.98 Å². The normalized spacial score (nSPS) is 21.3. The second kappa shape index (κ2) is 10.00. The molecule has 5 rings (SSSR count). The second-order valence-corrected chi connectivity index (χ2v) is 10.1. The fourth-order valence-electron chi connectivity index (χ4n) is 5.28. The number of imidazole rings is 1. The lowest BCUT2D eigenvalue weighted by Crippen LogP contribution is -2.36. The Labute approximate surface area is 200 Å². The van der Waals surface area contributed by atoms with Gasteiger partial charge < -0.3 is 15.6 Å². The molecule has 2 aliphatic rings. The van der Waals surface area contributed by atoms with Gasteiger partial charge in [-0.05, 0) is 86.9 Å². The van der Waals surface area contributed by atoms with Crippen molar-refractivity contribution < 1.29 is 9.59 Å². The van der Waals surface area contributed by atoms with Crippen molar-refractivity contribution in [3.63, 3.8) is 0 Å². The maximum absolute atomic E-state index is 12.7. The molecule has 2 saturated carbocycles. The van der Waals surface area contributed by atoms with Crippen LogP contribution >= 0.6 is 0 Å². The summed E-state index contributed by atoms with van der Waals surface area (Å²) in [6.45, 7) is 2.26. The summed E-state index contributed by atoms with van der Waals surface area (Å²) in [4.78, 5) is 33.4. The van der Waals surface area contributed by atoms with Crippen LogP contribution in [0.25, 0.3) is 22.4 Å². The number of carbonyl (C=O) groups excluding carboxylic acids is 2. The summed E-state index contributed by atoms with van der Waals surface area (Å²) in [7, 11) is 0. The van der Waals surface area contributed by atoms with Gasteiger partial charge >= 0.3 is 0 Å². The summed E-state index contributed by atoms with van der Waals surface area (Å²) < 4.78 is 0. The standard InChI is InChI=1S/C28H34N4O2/c1-18-7-9-20(10-8-18)27(33)30-23-14-11-19(12-15-23)26-31-24-16-13-21(17-25(24)32-26)28(34)29-22-5-3-2-4-6-22/h11-18,20,22H,2-10H2,1H3,(H,29,34)(H,30,33)(H,31,32). The molecule has 3 aromatic rings. The number of fused-ring (bicyclic) bond motifs is 1. The maximum Gasteiger partial charge on any atom is 0.251 e. The number of carbonyl (C=O) groups is 2. The van der Waals surface area contributed by atoms with E-state index >= 15 is 0 Å². The number of benzene rings is 2. The molecular formula is C28H34N4O2. The fourth-order valence-corrected chi connectivity index (χ4v) is 5.28. The van der Waals surface area contributed by atoms with Crippen LogP contribution in [0.2, 0.25) is 0 Å². The number of anilines is 1. The molecule has 0 aliphatic heterocycles. The van der Waals surface area contributed by atoms with Crippen molar-refractivity contribution in [3.05, 3.63) is 48.0 Å². The van der Waals surface area contributed by atoms with Crippen molar-refractivity contribution in [1.29, 1.82) is 0 Å². The number of nitrogens with zero attached hydrogens (tertiary/aromatic N) is 1. The molecule has 0 radical (unpaired) electrons. The summed E-state index contributed by atoms with van der Waals surface area (Å²) in [6, 6.07) is 13.7. The van der Waals surface area contributed by atoms with Crippen LogP contribution < -0.4 is 10.6 Å². The van der Waals surface area contributed by atoms with E-state index in [-0.39, 0.29) is 23.8 Å². The van der Waals surface area contributed by atoms with Gasteiger partial charge in [-0.15, -0.1) is 0 Å². The SMILES string of the molecule is CC1CCC(C(=O)Nc2ccc(-c3nc4ccc(C(=O)NC5CCCCC5)cc4[nH]3)cc2)CC1. The van der Waals surface area contributed by atoms with Crippen LogP contribution in [0.4, 0.5) is 5.69 Å². The smallest absolute Gasteiger partial charge is 0.251 e. The third-order valence-electron chi connectivity index (χ3n) is 7.50. The lowest BCUT2D eigenvalue weighted by atomic mass is 9.82. The topological polar surface area (TPSA) is 86.9 Å². The van der Waals surface area contributed by atoms with Gasteiger partial charge in [0.05, 0.1) is 11.0 Å². The number of hydrogen-bond acceptors (Lipinski definition) is 3. The van der Waals surface area contributed by atoms with E-state index in [9.17, 15) is 9.59 Å². The Morgan fingerprint density at radius 1 is 0.912 bits per heavy atom. The average molecular weight is 459 g/mol. The summed E-state index contributed by atoms with van der Waals surface area (Å²) in [5, 5.41) is 6.25. The first kappa shape index (κ1) is 22.6. The molecule has 1 aromatic heterocycles. The van der Waals surface area contributed by atoms with Crippen molar-refractivity contribution in [3.8, 4) is 11.4 Å². The van der Waals surface area contributed by atoms with Crippen LogP contribution in [0.15, 0.2) is 42.5 Å². The van der Waals surface area contributed by atoms with E-state index in [4.69, 9.17) is 4.98 Å². The molecule has 1 heterocycles. The molecule has 0 atom stereocenters. The molecule has 2 aliphatic carbocycles. The van der Waals surface area contributed by atoms with Gasteiger partial charge in [0.2, 0.25) is 5.91 Å². The average Bonchev–Trinajstić information content (AvgIpc) is 3.29. The van der Waals surface area contributed by atoms with E-state index in [1.807, 2.05) is 42.5 Å². The van der Waals surface area contributed by atoms with Gasteiger partial charge in [0, 0.05) is 28.8 Å². The van der Waals surface area contributed by atoms with E-state index in [0.29, 0.717) is 5.56 Å². The van der Waals surface area contributed by atoms with Crippen LogP contribution in [0.1, 0.15) is 75.1 Å². The Morgan fingerprint density at radius 3 is 2.38 bits per heavy atom. The van der Waals surface area contributed by atoms with E-state index < -0.39 is 0 Å². The highest BCUT2D eigenvalue weighted by atomic mass is 16.2. The minimum atomic E-state index is -0.0162. The molecule has 0 unspecified atom stereocenters. The number of amides is 2. The number of H-pyrrole nitrogens is 1. The fraction of sp³-hybridized carbons (Fsp3) is 0.464. The third-order valence-corrected chi connectivity index (χ3v) is 7.50. The molecule has 178 valence electrons. The Morgan fingerprint density at radius 2 is 1.65 bits per heavy atom. The highest BCUT2D eigenvalue weighted by Crippen LogP contribution is 2.29. The van der Waals surface area contributed by atoms with Crippen LogP contribution in [0, 0.1) is 11.8 Å². The van der Waals surface area contributed by atoms with E-state index in [2.05, 4.69) is 22.5 Å². The van der Waals surface area contributed by atoms with Crippen LogP contribution in [0.3, 0.4) is 0 Å². The Hall–Kier alpha value is -3.15. The Balaban J connectivity index is 1.24. The van der Waals surface area contributed by atoms with Crippen molar-refractivity contribution in [2.24, 2.45) is 11.8 Å². The second-order valence-electron chi connectivity index (χ2n) is 10.1. The summed E-state index contributed by atoms with van der Waals surface area (Å²) in [6.07, 6.45) is 10.0. The number of hydrogen-bond donors (Lipinski definition) is 3. The summed E-state index contributed by atoms with van der Waals surface area (Å²) in [5.74, 6) is 1.71.